The molecule has 2 aromatic carbocycles. The van der Waals surface area contributed by atoms with Gasteiger partial charge in [-0.25, -0.2) is 13.8 Å². The van der Waals surface area contributed by atoms with E-state index in [1.807, 2.05) is 6.92 Å². The van der Waals surface area contributed by atoms with E-state index in [0.29, 0.717) is 11.4 Å². The van der Waals surface area contributed by atoms with Crippen molar-refractivity contribution in [2.24, 2.45) is 0 Å². The number of carbonyl (C=O) groups is 1. The van der Waals surface area contributed by atoms with E-state index in [2.05, 4.69) is 4.98 Å². The second kappa shape index (κ2) is 6.59. The Balaban J connectivity index is 1.81. The Hall–Kier alpha value is -3.87. The molecule has 0 N–H and O–H groups in total. The molecule has 30 heavy (non-hydrogen) atoms. The maximum Gasteiger partial charge on any atom is 0.296 e. The number of hydrogen-bond donors (Lipinski definition) is 0. The lowest BCUT2D eigenvalue weighted by Gasteiger charge is -2.24. The number of carbonyl (C=O) groups excluding carboxylic acids is 1. The van der Waals surface area contributed by atoms with Crippen LogP contribution < -0.4 is 10.3 Å². The number of anilines is 1. The topological polar surface area (TPSA) is 63.4 Å². The normalized spacial score (nSPS) is 15.6. The lowest BCUT2D eigenvalue weighted by Crippen LogP contribution is -2.30. The van der Waals surface area contributed by atoms with E-state index in [-0.39, 0.29) is 22.3 Å². The number of aromatic nitrogens is 1. The summed E-state index contributed by atoms with van der Waals surface area (Å²) in [4.78, 5) is 32.3. The fraction of sp³-hybridized carbons (Fsp3) is 0.0870. The van der Waals surface area contributed by atoms with Gasteiger partial charge in [-0.15, -0.1) is 0 Å². The van der Waals surface area contributed by atoms with Crippen molar-refractivity contribution in [3.8, 4) is 0 Å². The standard InChI is InChI=1S/C23H14F2N2O3/c1-12-2-9-18(26-11-12)27-20(13-3-5-14(24)6-4-13)19-21(28)16-10-15(25)7-8-17(16)30-22(19)23(27)29/h2-11,20H,1H3. The number of pyridine rings is 1. The number of aryl methyl sites for hydroxylation is 1. The van der Waals surface area contributed by atoms with Crippen LogP contribution >= 0.6 is 0 Å². The van der Waals surface area contributed by atoms with Crippen molar-refractivity contribution in [3.05, 3.63) is 105 Å². The SMILES string of the molecule is Cc1ccc(N2C(=O)c3oc4ccc(F)cc4c(=O)c3C2c2ccc(F)cc2)nc1. The van der Waals surface area contributed by atoms with Gasteiger partial charge in [-0.2, -0.15) is 0 Å². The molecular formula is C23H14F2N2O3. The molecule has 0 aliphatic carbocycles. The van der Waals surface area contributed by atoms with Gasteiger partial charge in [0.15, 0.2) is 5.43 Å². The third-order valence-electron chi connectivity index (χ3n) is 5.16. The van der Waals surface area contributed by atoms with Crippen LogP contribution in [0.2, 0.25) is 0 Å². The number of hydrogen-bond acceptors (Lipinski definition) is 4. The van der Waals surface area contributed by atoms with Crippen molar-refractivity contribution in [2.75, 3.05) is 4.90 Å². The molecule has 4 aromatic rings. The average molecular weight is 404 g/mol. The first-order valence-corrected chi connectivity index (χ1v) is 9.22. The second-order valence-electron chi connectivity index (χ2n) is 7.14. The number of rotatable bonds is 2. The zero-order valence-corrected chi connectivity index (χ0v) is 15.7. The van der Waals surface area contributed by atoms with Gasteiger partial charge in [0.1, 0.15) is 23.0 Å². The third kappa shape index (κ3) is 2.70. The molecule has 1 amide bonds. The summed E-state index contributed by atoms with van der Waals surface area (Å²) in [5, 5.41) is 0.0346. The summed E-state index contributed by atoms with van der Waals surface area (Å²) < 4.78 is 33.1. The highest BCUT2D eigenvalue weighted by Gasteiger charge is 2.44. The van der Waals surface area contributed by atoms with Crippen LogP contribution in [-0.2, 0) is 0 Å². The van der Waals surface area contributed by atoms with Crippen LogP contribution in [0.1, 0.15) is 33.3 Å². The fourth-order valence-electron chi connectivity index (χ4n) is 3.74. The zero-order valence-electron chi connectivity index (χ0n) is 15.7. The van der Waals surface area contributed by atoms with Gasteiger partial charge >= 0.3 is 0 Å². The van der Waals surface area contributed by atoms with Gasteiger partial charge < -0.3 is 4.42 Å². The molecule has 0 spiro atoms. The predicted molar refractivity (Wildman–Crippen MR) is 106 cm³/mol. The summed E-state index contributed by atoms with van der Waals surface area (Å²) >= 11 is 0. The number of fused-ring (bicyclic) bond motifs is 2. The van der Waals surface area contributed by atoms with Crippen molar-refractivity contribution in [1.29, 1.82) is 0 Å². The molecule has 0 fully saturated rings. The second-order valence-corrected chi connectivity index (χ2v) is 7.14. The quantitative estimate of drug-likeness (QED) is 0.493. The molecule has 1 aliphatic heterocycles. The minimum Gasteiger partial charge on any atom is -0.450 e. The average Bonchev–Trinajstić information content (AvgIpc) is 3.03. The van der Waals surface area contributed by atoms with E-state index in [1.165, 1.54) is 35.2 Å². The first kappa shape index (κ1) is 18.2. The fourth-order valence-corrected chi connectivity index (χ4v) is 3.74. The maximum absolute atomic E-state index is 13.8. The highest BCUT2D eigenvalue weighted by atomic mass is 19.1. The molecule has 0 radical (unpaired) electrons. The Kier molecular flexibility index (Phi) is 3.99. The van der Waals surface area contributed by atoms with E-state index in [1.54, 1.807) is 18.3 Å². The number of amides is 1. The Morgan fingerprint density at radius 2 is 1.70 bits per heavy atom. The van der Waals surface area contributed by atoms with Gasteiger partial charge in [-0.05, 0) is 54.4 Å². The smallest absolute Gasteiger partial charge is 0.296 e. The Labute approximate surface area is 169 Å². The summed E-state index contributed by atoms with van der Waals surface area (Å²) in [6.45, 7) is 1.86. The van der Waals surface area contributed by atoms with Crippen molar-refractivity contribution < 1.29 is 18.0 Å². The van der Waals surface area contributed by atoms with Crippen LogP contribution in [0.4, 0.5) is 14.6 Å². The molecular weight excluding hydrogens is 390 g/mol. The van der Waals surface area contributed by atoms with Gasteiger partial charge in [0.25, 0.3) is 5.91 Å². The summed E-state index contributed by atoms with van der Waals surface area (Å²) in [6.07, 6.45) is 1.61. The molecule has 0 saturated heterocycles. The summed E-state index contributed by atoms with van der Waals surface area (Å²) in [6, 6.07) is 11.6. The molecule has 0 saturated carbocycles. The number of nitrogens with zero attached hydrogens (tertiary/aromatic N) is 2. The maximum atomic E-state index is 13.8. The van der Waals surface area contributed by atoms with Gasteiger partial charge in [-0.1, -0.05) is 18.2 Å². The Bertz CT molecular complexity index is 1360. The van der Waals surface area contributed by atoms with Crippen LogP contribution in [0.3, 0.4) is 0 Å². The molecule has 3 heterocycles. The minimum atomic E-state index is -0.882. The molecule has 0 bridgehead atoms. The third-order valence-corrected chi connectivity index (χ3v) is 5.16. The lowest BCUT2D eigenvalue weighted by molar-refractivity contribution is 0.0970. The van der Waals surface area contributed by atoms with Gasteiger partial charge in [0.2, 0.25) is 5.76 Å². The van der Waals surface area contributed by atoms with Crippen LogP contribution in [-0.4, -0.2) is 10.9 Å². The lowest BCUT2D eigenvalue weighted by atomic mass is 9.98. The van der Waals surface area contributed by atoms with Crippen molar-refractivity contribution in [1.82, 2.24) is 4.98 Å². The van der Waals surface area contributed by atoms with Crippen LogP contribution in [0.25, 0.3) is 11.0 Å². The van der Waals surface area contributed by atoms with E-state index >= 15 is 0 Å². The molecule has 5 nitrogen and oxygen atoms in total. The summed E-state index contributed by atoms with van der Waals surface area (Å²) in [5.41, 5.74) is 1.09. The van der Waals surface area contributed by atoms with Crippen molar-refractivity contribution in [3.63, 3.8) is 0 Å². The highest BCUT2D eigenvalue weighted by Crippen LogP contribution is 2.40. The summed E-state index contributed by atoms with van der Waals surface area (Å²) in [5.74, 6) is -1.39. The van der Waals surface area contributed by atoms with Crippen molar-refractivity contribution >= 4 is 22.7 Å². The molecule has 1 aliphatic rings. The molecule has 2 aromatic heterocycles. The molecule has 1 atom stereocenters. The van der Waals surface area contributed by atoms with Crippen LogP contribution in [0.15, 0.2) is 70.0 Å². The Morgan fingerprint density at radius 3 is 2.40 bits per heavy atom. The van der Waals surface area contributed by atoms with Crippen LogP contribution in [0.5, 0.6) is 0 Å². The molecule has 5 rings (SSSR count). The highest BCUT2D eigenvalue weighted by molar-refractivity contribution is 6.10. The Morgan fingerprint density at radius 1 is 0.967 bits per heavy atom. The number of halogens is 2. The van der Waals surface area contributed by atoms with E-state index in [4.69, 9.17) is 4.42 Å². The predicted octanol–water partition coefficient (Wildman–Crippen LogP) is 4.52. The van der Waals surface area contributed by atoms with Gasteiger partial charge in [-0.3, -0.25) is 14.5 Å². The van der Waals surface area contributed by atoms with E-state index in [9.17, 15) is 18.4 Å². The first-order valence-electron chi connectivity index (χ1n) is 9.22. The zero-order chi connectivity index (χ0) is 21.0. The summed E-state index contributed by atoms with van der Waals surface area (Å²) in [7, 11) is 0. The number of benzene rings is 2. The molecule has 148 valence electrons. The monoisotopic (exact) mass is 404 g/mol. The van der Waals surface area contributed by atoms with Crippen LogP contribution in [0, 0.1) is 18.6 Å². The van der Waals surface area contributed by atoms with E-state index in [0.717, 1.165) is 17.7 Å². The molecule has 7 heteroatoms. The first-order chi connectivity index (χ1) is 14.4. The van der Waals surface area contributed by atoms with E-state index < -0.39 is 29.0 Å². The van der Waals surface area contributed by atoms with Gasteiger partial charge in [0.05, 0.1) is 17.0 Å². The van der Waals surface area contributed by atoms with Gasteiger partial charge in [0, 0.05) is 6.20 Å². The molecule has 1 unspecified atom stereocenters. The minimum absolute atomic E-state index is 0.0346. The largest absolute Gasteiger partial charge is 0.450 e. The van der Waals surface area contributed by atoms with Crippen molar-refractivity contribution in [2.45, 2.75) is 13.0 Å².